The molecule has 11 heavy (non-hydrogen) atoms. The van der Waals surface area contributed by atoms with Crippen LogP contribution in [0.4, 0.5) is 0 Å². The summed E-state index contributed by atoms with van der Waals surface area (Å²) in [5, 5.41) is 8.36. The Bertz CT molecular complexity index is 111. The lowest BCUT2D eigenvalue weighted by Crippen LogP contribution is -2.36. The first-order chi connectivity index (χ1) is 4.09. The Morgan fingerprint density at radius 3 is 2.00 bits per heavy atom. The second-order valence-electron chi connectivity index (χ2n) is 2.25. The first-order valence-electron chi connectivity index (χ1n) is 3.08. The van der Waals surface area contributed by atoms with Crippen molar-refractivity contribution in [3.8, 4) is 0 Å². The number of carboxylic acid groups (broad SMARTS) is 1. The molecule has 0 rings (SSSR count). The van der Waals surface area contributed by atoms with E-state index in [1.807, 2.05) is 13.8 Å². The van der Waals surface area contributed by atoms with E-state index in [1.54, 1.807) is 0 Å². The van der Waals surface area contributed by atoms with Gasteiger partial charge in [-0.3, -0.25) is 4.79 Å². The van der Waals surface area contributed by atoms with Gasteiger partial charge in [-0.05, 0) is 5.92 Å². The summed E-state index contributed by atoms with van der Waals surface area (Å²) in [5.74, 6) is -0.841. The summed E-state index contributed by atoms with van der Waals surface area (Å²) in [6.07, 6.45) is 0.813. The number of carboxylic acids is 1. The third-order valence-corrected chi connectivity index (χ3v) is 1.54. The minimum Gasteiger partial charge on any atom is -0.480 e. The van der Waals surface area contributed by atoms with Crippen LogP contribution in [0.5, 0.6) is 0 Å². The Morgan fingerprint density at radius 1 is 1.55 bits per heavy atom. The van der Waals surface area contributed by atoms with Gasteiger partial charge < -0.3 is 10.8 Å². The molecule has 0 heterocycles. The highest BCUT2D eigenvalue weighted by Crippen LogP contribution is 2.04. The Morgan fingerprint density at radius 2 is 1.91 bits per heavy atom. The SMILES string of the molecule is CC[C@H](C)C(N)C(=O)O.S.S. The van der Waals surface area contributed by atoms with E-state index >= 15 is 0 Å². The average molecular weight is 199 g/mol. The molecule has 0 amide bonds. The molecule has 5 heteroatoms. The zero-order valence-electron chi connectivity index (χ0n) is 6.79. The highest BCUT2D eigenvalue weighted by molar-refractivity contribution is 7.59. The molecule has 0 spiro atoms. The molecule has 0 aliphatic heterocycles. The number of rotatable bonds is 3. The maximum atomic E-state index is 10.2. The van der Waals surface area contributed by atoms with Crippen LogP contribution in [0.25, 0.3) is 0 Å². The van der Waals surface area contributed by atoms with E-state index < -0.39 is 12.0 Å². The number of hydrogen-bond acceptors (Lipinski definition) is 2. The Kier molecular flexibility index (Phi) is 12.9. The van der Waals surface area contributed by atoms with E-state index in [0.29, 0.717) is 0 Å². The van der Waals surface area contributed by atoms with Gasteiger partial charge in [-0.15, -0.1) is 0 Å². The van der Waals surface area contributed by atoms with Crippen molar-refractivity contribution in [1.82, 2.24) is 0 Å². The molecule has 0 fully saturated rings. The van der Waals surface area contributed by atoms with Gasteiger partial charge in [0.25, 0.3) is 0 Å². The second kappa shape index (κ2) is 8.23. The molecule has 3 nitrogen and oxygen atoms in total. The predicted molar refractivity (Wildman–Crippen MR) is 55.8 cm³/mol. The van der Waals surface area contributed by atoms with Crippen LogP contribution in [0.3, 0.4) is 0 Å². The maximum Gasteiger partial charge on any atom is 0.320 e. The lowest BCUT2D eigenvalue weighted by molar-refractivity contribution is -0.139. The van der Waals surface area contributed by atoms with Gasteiger partial charge in [-0.25, -0.2) is 0 Å². The predicted octanol–water partition coefficient (Wildman–Crippen LogP) is 0.670. The van der Waals surface area contributed by atoms with Crippen molar-refractivity contribution in [2.45, 2.75) is 26.3 Å². The lowest BCUT2D eigenvalue weighted by Gasteiger charge is -2.11. The van der Waals surface area contributed by atoms with Crippen LogP contribution in [0, 0.1) is 5.92 Å². The third kappa shape index (κ3) is 6.52. The van der Waals surface area contributed by atoms with E-state index in [1.165, 1.54) is 0 Å². The van der Waals surface area contributed by atoms with Gasteiger partial charge in [-0.2, -0.15) is 27.0 Å². The molecule has 0 aromatic carbocycles. The molecule has 0 aliphatic carbocycles. The van der Waals surface area contributed by atoms with Gasteiger partial charge in [0.15, 0.2) is 0 Å². The van der Waals surface area contributed by atoms with Crippen LogP contribution < -0.4 is 5.73 Å². The van der Waals surface area contributed by atoms with Crippen LogP contribution in [0.15, 0.2) is 0 Å². The number of nitrogens with two attached hydrogens (primary N) is 1. The summed E-state index contributed by atoms with van der Waals surface area (Å²) in [4.78, 5) is 10.2. The van der Waals surface area contributed by atoms with Crippen molar-refractivity contribution in [3.05, 3.63) is 0 Å². The Labute approximate surface area is 81.2 Å². The summed E-state index contributed by atoms with van der Waals surface area (Å²) in [6.45, 7) is 3.76. The number of aliphatic carboxylic acids is 1. The number of carbonyl (C=O) groups is 1. The van der Waals surface area contributed by atoms with Crippen molar-refractivity contribution < 1.29 is 9.90 Å². The number of hydrogen-bond donors (Lipinski definition) is 2. The molecular weight excluding hydrogens is 182 g/mol. The quantitative estimate of drug-likeness (QED) is 0.702. The monoisotopic (exact) mass is 199 g/mol. The first kappa shape index (κ1) is 17.3. The second-order valence-corrected chi connectivity index (χ2v) is 2.25. The molecule has 3 N–H and O–H groups in total. The molecule has 0 saturated carbocycles. The van der Waals surface area contributed by atoms with Crippen molar-refractivity contribution in [1.29, 1.82) is 0 Å². The van der Waals surface area contributed by atoms with Gasteiger partial charge in [0.2, 0.25) is 0 Å². The third-order valence-electron chi connectivity index (χ3n) is 1.54. The fourth-order valence-electron chi connectivity index (χ4n) is 0.497. The average Bonchev–Trinajstić information content (AvgIpc) is 1.84. The minimum atomic E-state index is -0.913. The van der Waals surface area contributed by atoms with Gasteiger partial charge in [-0.1, -0.05) is 20.3 Å². The smallest absolute Gasteiger partial charge is 0.320 e. The topological polar surface area (TPSA) is 63.3 Å². The summed E-state index contributed by atoms with van der Waals surface area (Å²) < 4.78 is 0. The first-order valence-corrected chi connectivity index (χ1v) is 3.08. The molecular formula is C6H17NO2S2. The summed E-state index contributed by atoms with van der Waals surface area (Å²) in [7, 11) is 0. The van der Waals surface area contributed by atoms with E-state index in [0.717, 1.165) is 6.42 Å². The highest BCUT2D eigenvalue weighted by Gasteiger charge is 2.17. The van der Waals surface area contributed by atoms with E-state index in [2.05, 4.69) is 0 Å². The minimum absolute atomic E-state index is 0. The van der Waals surface area contributed by atoms with Crippen molar-refractivity contribution in [3.63, 3.8) is 0 Å². The van der Waals surface area contributed by atoms with Gasteiger partial charge in [0.1, 0.15) is 6.04 Å². The molecule has 70 valence electrons. The standard InChI is InChI=1S/C6H13NO2.2H2S/c1-3-4(2)5(7)6(8)9;;/h4-5H,3,7H2,1-2H3,(H,8,9);2*1H2/t4-,5?;;/m0../s1. The molecule has 0 aromatic heterocycles. The molecule has 0 radical (unpaired) electrons. The maximum absolute atomic E-state index is 10.2. The molecule has 2 atom stereocenters. The largest absolute Gasteiger partial charge is 0.480 e. The van der Waals surface area contributed by atoms with E-state index in [-0.39, 0.29) is 32.9 Å². The molecule has 0 saturated heterocycles. The molecule has 0 bridgehead atoms. The van der Waals surface area contributed by atoms with E-state index in [4.69, 9.17) is 10.8 Å². The Hall–Kier alpha value is 0.130. The van der Waals surface area contributed by atoms with Crippen LogP contribution in [0.1, 0.15) is 20.3 Å². The van der Waals surface area contributed by atoms with Crippen LogP contribution in [0.2, 0.25) is 0 Å². The van der Waals surface area contributed by atoms with Crippen LogP contribution in [-0.2, 0) is 4.79 Å². The molecule has 1 unspecified atom stereocenters. The zero-order chi connectivity index (χ0) is 7.44. The van der Waals surface area contributed by atoms with Gasteiger partial charge in [0.05, 0.1) is 0 Å². The lowest BCUT2D eigenvalue weighted by atomic mass is 10.0. The summed E-state index contributed by atoms with van der Waals surface area (Å²) >= 11 is 0. The summed E-state index contributed by atoms with van der Waals surface area (Å²) in [6, 6.07) is -0.699. The van der Waals surface area contributed by atoms with Crippen molar-refractivity contribution >= 4 is 33.0 Å². The van der Waals surface area contributed by atoms with Crippen LogP contribution in [-0.4, -0.2) is 17.1 Å². The van der Waals surface area contributed by atoms with Gasteiger partial charge in [0, 0.05) is 0 Å². The van der Waals surface area contributed by atoms with E-state index in [9.17, 15) is 4.79 Å². The zero-order valence-corrected chi connectivity index (χ0v) is 8.79. The normalized spacial score (nSPS) is 13.7. The summed E-state index contributed by atoms with van der Waals surface area (Å²) in [5.41, 5.74) is 5.27. The van der Waals surface area contributed by atoms with Crippen LogP contribution >= 0.6 is 27.0 Å². The van der Waals surface area contributed by atoms with Crippen molar-refractivity contribution in [2.24, 2.45) is 11.7 Å². The fraction of sp³-hybridized carbons (Fsp3) is 0.833. The molecule has 0 aliphatic rings. The molecule has 0 aromatic rings. The Balaban J connectivity index is -0.000000320. The van der Waals surface area contributed by atoms with Gasteiger partial charge >= 0.3 is 5.97 Å². The van der Waals surface area contributed by atoms with Crippen molar-refractivity contribution in [2.75, 3.05) is 0 Å². The fourth-order valence-corrected chi connectivity index (χ4v) is 0.497. The highest BCUT2D eigenvalue weighted by atomic mass is 32.1.